The molecule has 3 rings (SSSR count). The highest BCUT2D eigenvalue weighted by molar-refractivity contribution is 5.97. The van der Waals surface area contributed by atoms with Gasteiger partial charge in [-0.1, -0.05) is 12.8 Å². The predicted molar refractivity (Wildman–Crippen MR) is 76.4 cm³/mol. The van der Waals surface area contributed by atoms with Crippen LogP contribution in [0, 0.1) is 5.92 Å². The highest BCUT2D eigenvalue weighted by Crippen LogP contribution is 2.24. The second-order valence-electron chi connectivity index (χ2n) is 5.44. The smallest absolute Gasteiger partial charge is 0.251 e. The van der Waals surface area contributed by atoms with Gasteiger partial charge in [-0.15, -0.1) is 0 Å². The summed E-state index contributed by atoms with van der Waals surface area (Å²) in [4.78, 5) is 19.5. The van der Waals surface area contributed by atoms with Gasteiger partial charge in [0.2, 0.25) is 0 Å². The maximum atomic E-state index is 12.3. The zero-order valence-corrected chi connectivity index (χ0v) is 11.3. The number of nitrogens with zero attached hydrogens (tertiary/aromatic N) is 1. The molecule has 106 valence electrons. The number of carbonyl (C=O) groups is 1. The van der Waals surface area contributed by atoms with Crippen molar-refractivity contribution in [3.8, 4) is 0 Å². The zero-order chi connectivity index (χ0) is 13.9. The molecule has 1 aromatic carbocycles. The number of H-pyrrole nitrogens is 1. The number of aromatic amines is 1. The Bertz CT molecular complexity index is 608. The molecule has 5 heteroatoms. The second kappa shape index (κ2) is 5.63. The molecule has 1 fully saturated rings. The molecule has 2 unspecified atom stereocenters. The van der Waals surface area contributed by atoms with Gasteiger partial charge in [0.25, 0.3) is 5.91 Å². The first-order valence-corrected chi connectivity index (χ1v) is 7.13. The van der Waals surface area contributed by atoms with Crippen LogP contribution in [0.1, 0.15) is 36.0 Å². The Kier molecular flexibility index (Phi) is 3.69. The number of aliphatic hydroxyl groups excluding tert-OH is 1. The summed E-state index contributed by atoms with van der Waals surface area (Å²) in [5.74, 6) is 0.107. The van der Waals surface area contributed by atoms with Crippen LogP contribution < -0.4 is 5.32 Å². The number of carbonyl (C=O) groups excluding carboxylic acids is 1. The van der Waals surface area contributed by atoms with Crippen molar-refractivity contribution in [1.82, 2.24) is 15.3 Å². The van der Waals surface area contributed by atoms with Crippen LogP contribution in [0.2, 0.25) is 0 Å². The Morgan fingerprint density at radius 2 is 2.25 bits per heavy atom. The topological polar surface area (TPSA) is 78.0 Å². The van der Waals surface area contributed by atoms with Gasteiger partial charge in [0.15, 0.2) is 0 Å². The number of amides is 1. The molecule has 2 atom stereocenters. The van der Waals surface area contributed by atoms with Gasteiger partial charge in [0.05, 0.1) is 17.4 Å². The lowest BCUT2D eigenvalue weighted by molar-refractivity contribution is 0.0872. The molecule has 0 aliphatic heterocycles. The molecule has 1 aromatic heterocycles. The quantitative estimate of drug-likeness (QED) is 0.798. The van der Waals surface area contributed by atoms with Crippen molar-refractivity contribution in [1.29, 1.82) is 0 Å². The number of rotatable bonds is 3. The highest BCUT2D eigenvalue weighted by Gasteiger charge is 2.26. The van der Waals surface area contributed by atoms with E-state index in [0.29, 0.717) is 5.56 Å². The average Bonchev–Trinajstić information content (AvgIpc) is 2.95. The summed E-state index contributed by atoms with van der Waals surface area (Å²) in [7, 11) is 0. The number of fused-ring (bicyclic) bond motifs is 1. The van der Waals surface area contributed by atoms with E-state index in [4.69, 9.17) is 0 Å². The van der Waals surface area contributed by atoms with E-state index in [0.717, 1.165) is 36.7 Å². The predicted octanol–water partition coefficient (Wildman–Crippen LogP) is 1.84. The fourth-order valence-corrected chi connectivity index (χ4v) is 2.94. The number of benzene rings is 1. The summed E-state index contributed by atoms with van der Waals surface area (Å²) in [6.45, 7) is 0.143. The average molecular weight is 273 g/mol. The van der Waals surface area contributed by atoms with Gasteiger partial charge in [-0.2, -0.15) is 0 Å². The molecule has 0 spiro atoms. The normalized spacial score (nSPS) is 22.9. The number of aliphatic hydroxyl groups is 1. The first kappa shape index (κ1) is 13.1. The fourth-order valence-electron chi connectivity index (χ4n) is 2.94. The van der Waals surface area contributed by atoms with Crippen molar-refractivity contribution < 1.29 is 9.90 Å². The Hall–Kier alpha value is -1.88. The summed E-state index contributed by atoms with van der Waals surface area (Å²) in [5.41, 5.74) is 2.34. The van der Waals surface area contributed by atoms with Gasteiger partial charge in [-0.3, -0.25) is 4.79 Å². The van der Waals surface area contributed by atoms with Gasteiger partial charge >= 0.3 is 0 Å². The monoisotopic (exact) mass is 273 g/mol. The maximum Gasteiger partial charge on any atom is 0.251 e. The molecule has 1 saturated carbocycles. The third-order valence-corrected chi connectivity index (χ3v) is 4.14. The fraction of sp³-hybridized carbons (Fsp3) is 0.467. The number of imidazole rings is 1. The SMILES string of the molecule is O=C(NC1CCCCC1CO)c1ccc2nc[nH]c2c1. The summed E-state index contributed by atoms with van der Waals surface area (Å²) < 4.78 is 0. The highest BCUT2D eigenvalue weighted by atomic mass is 16.3. The lowest BCUT2D eigenvalue weighted by Gasteiger charge is -2.30. The summed E-state index contributed by atoms with van der Waals surface area (Å²) in [6, 6.07) is 5.52. The van der Waals surface area contributed by atoms with Crippen molar-refractivity contribution >= 4 is 16.9 Å². The van der Waals surface area contributed by atoms with E-state index >= 15 is 0 Å². The summed E-state index contributed by atoms with van der Waals surface area (Å²) in [6.07, 6.45) is 5.80. The molecule has 1 aliphatic rings. The van der Waals surface area contributed by atoms with Gasteiger partial charge in [-0.25, -0.2) is 4.98 Å². The van der Waals surface area contributed by atoms with Gasteiger partial charge in [0, 0.05) is 24.1 Å². The molecule has 1 aliphatic carbocycles. The Morgan fingerprint density at radius 1 is 1.40 bits per heavy atom. The van der Waals surface area contributed by atoms with E-state index in [1.807, 2.05) is 12.1 Å². The van der Waals surface area contributed by atoms with Crippen molar-refractivity contribution in [2.45, 2.75) is 31.7 Å². The third kappa shape index (κ3) is 2.54. The lowest BCUT2D eigenvalue weighted by atomic mass is 9.85. The molecule has 2 aromatic rings. The Morgan fingerprint density at radius 3 is 3.10 bits per heavy atom. The molecule has 3 N–H and O–H groups in total. The van der Waals surface area contributed by atoms with Crippen LogP contribution >= 0.6 is 0 Å². The molecule has 1 amide bonds. The molecule has 1 heterocycles. The summed E-state index contributed by atoms with van der Waals surface area (Å²) in [5, 5.41) is 12.5. The van der Waals surface area contributed by atoms with Crippen LogP contribution in [0.3, 0.4) is 0 Å². The van der Waals surface area contributed by atoms with Crippen LogP contribution in [0.5, 0.6) is 0 Å². The van der Waals surface area contributed by atoms with Crippen LogP contribution in [0.25, 0.3) is 11.0 Å². The standard InChI is InChI=1S/C15H19N3O2/c19-8-11-3-1-2-4-12(11)18-15(20)10-5-6-13-14(7-10)17-9-16-13/h5-7,9,11-12,19H,1-4,8H2,(H,16,17)(H,18,20). The number of hydrogen-bond donors (Lipinski definition) is 3. The number of hydrogen-bond acceptors (Lipinski definition) is 3. The van der Waals surface area contributed by atoms with E-state index in [1.165, 1.54) is 0 Å². The number of aromatic nitrogens is 2. The van der Waals surface area contributed by atoms with E-state index in [-0.39, 0.29) is 24.5 Å². The second-order valence-corrected chi connectivity index (χ2v) is 5.44. The minimum atomic E-state index is -0.0770. The largest absolute Gasteiger partial charge is 0.396 e. The molecule has 0 bridgehead atoms. The van der Waals surface area contributed by atoms with Crippen molar-refractivity contribution in [3.63, 3.8) is 0 Å². The van der Waals surface area contributed by atoms with Crippen LogP contribution in [-0.4, -0.2) is 33.6 Å². The number of nitrogens with one attached hydrogen (secondary N) is 2. The molecule has 20 heavy (non-hydrogen) atoms. The molecule has 5 nitrogen and oxygen atoms in total. The van der Waals surface area contributed by atoms with Crippen molar-refractivity contribution in [3.05, 3.63) is 30.1 Å². The van der Waals surface area contributed by atoms with Gasteiger partial charge in [-0.05, 0) is 31.0 Å². The minimum Gasteiger partial charge on any atom is -0.396 e. The van der Waals surface area contributed by atoms with Crippen LogP contribution in [0.15, 0.2) is 24.5 Å². The molecular weight excluding hydrogens is 254 g/mol. The first-order valence-electron chi connectivity index (χ1n) is 7.13. The molecular formula is C15H19N3O2. The van der Waals surface area contributed by atoms with Crippen molar-refractivity contribution in [2.24, 2.45) is 5.92 Å². The Balaban J connectivity index is 1.74. The van der Waals surface area contributed by atoms with E-state index in [1.54, 1.807) is 12.4 Å². The first-order chi connectivity index (χ1) is 9.78. The zero-order valence-electron chi connectivity index (χ0n) is 11.3. The van der Waals surface area contributed by atoms with E-state index < -0.39 is 0 Å². The van der Waals surface area contributed by atoms with E-state index in [2.05, 4.69) is 15.3 Å². The molecule has 0 saturated heterocycles. The van der Waals surface area contributed by atoms with Crippen LogP contribution in [-0.2, 0) is 0 Å². The molecule has 0 radical (unpaired) electrons. The Labute approximate surface area is 117 Å². The van der Waals surface area contributed by atoms with Crippen molar-refractivity contribution in [2.75, 3.05) is 6.61 Å². The van der Waals surface area contributed by atoms with Gasteiger partial charge in [0.1, 0.15) is 0 Å². The van der Waals surface area contributed by atoms with E-state index in [9.17, 15) is 9.90 Å². The van der Waals surface area contributed by atoms with Crippen LogP contribution in [0.4, 0.5) is 0 Å². The minimum absolute atomic E-state index is 0.0770. The third-order valence-electron chi connectivity index (χ3n) is 4.14. The summed E-state index contributed by atoms with van der Waals surface area (Å²) >= 11 is 0. The maximum absolute atomic E-state index is 12.3. The lowest BCUT2D eigenvalue weighted by Crippen LogP contribution is -2.43. The van der Waals surface area contributed by atoms with Gasteiger partial charge < -0.3 is 15.4 Å².